The van der Waals surface area contributed by atoms with E-state index in [4.69, 9.17) is 4.74 Å². The number of aromatic hydroxyl groups is 1. The first-order valence-corrected chi connectivity index (χ1v) is 9.16. The van der Waals surface area contributed by atoms with Crippen molar-refractivity contribution in [1.29, 1.82) is 0 Å². The quantitative estimate of drug-likeness (QED) is 0.833. The van der Waals surface area contributed by atoms with Crippen LogP contribution in [0.2, 0.25) is 0 Å². The summed E-state index contributed by atoms with van der Waals surface area (Å²) in [4.78, 5) is 14.1. The van der Waals surface area contributed by atoms with Gasteiger partial charge in [0.25, 0.3) is 5.91 Å². The molecule has 4 nitrogen and oxygen atoms in total. The number of rotatable bonds is 6. The van der Waals surface area contributed by atoms with Crippen LogP contribution in [-0.2, 0) is 11.2 Å². The van der Waals surface area contributed by atoms with Gasteiger partial charge in [0.05, 0.1) is 0 Å². The first-order valence-electron chi connectivity index (χ1n) is 9.16. The first-order chi connectivity index (χ1) is 13.0. The zero-order chi connectivity index (χ0) is 19.2. The fourth-order valence-corrected chi connectivity index (χ4v) is 3.46. The summed E-state index contributed by atoms with van der Waals surface area (Å²) < 4.78 is 32.9. The first kappa shape index (κ1) is 19.1. The molecule has 1 aliphatic rings. The summed E-state index contributed by atoms with van der Waals surface area (Å²) in [7, 11) is 0. The highest BCUT2D eigenvalue weighted by Gasteiger charge is 2.24. The summed E-state index contributed by atoms with van der Waals surface area (Å²) in [6.07, 6.45) is 2.73. The molecule has 1 amide bonds. The summed E-state index contributed by atoms with van der Waals surface area (Å²) in [5, 5.41) is 9.69. The molecule has 0 bridgehead atoms. The maximum Gasteiger partial charge on any atom is 0.260 e. The zero-order valence-corrected chi connectivity index (χ0v) is 15.0. The van der Waals surface area contributed by atoms with Gasteiger partial charge in [-0.05, 0) is 55.9 Å². The van der Waals surface area contributed by atoms with Crippen LogP contribution in [0.1, 0.15) is 24.8 Å². The lowest BCUT2D eigenvalue weighted by Gasteiger charge is -2.33. The van der Waals surface area contributed by atoms with Gasteiger partial charge in [0.2, 0.25) is 0 Å². The van der Waals surface area contributed by atoms with Gasteiger partial charge in [0.1, 0.15) is 11.6 Å². The van der Waals surface area contributed by atoms with Crippen molar-refractivity contribution in [3.8, 4) is 11.5 Å². The molecule has 0 aromatic heterocycles. The van der Waals surface area contributed by atoms with Crippen LogP contribution in [-0.4, -0.2) is 35.6 Å². The molecule has 0 unspecified atom stereocenters. The summed E-state index contributed by atoms with van der Waals surface area (Å²) in [5.74, 6) is -0.723. The third kappa shape index (κ3) is 4.96. The summed E-state index contributed by atoms with van der Waals surface area (Å²) in [6, 6.07) is 10.4. The van der Waals surface area contributed by atoms with E-state index in [0.29, 0.717) is 25.9 Å². The van der Waals surface area contributed by atoms with E-state index >= 15 is 0 Å². The Labute approximate surface area is 157 Å². The van der Waals surface area contributed by atoms with Crippen molar-refractivity contribution in [3.63, 3.8) is 0 Å². The van der Waals surface area contributed by atoms with E-state index in [1.165, 1.54) is 24.3 Å². The number of piperidine rings is 1. The van der Waals surface area contributed by atoms with Gasteiger partial charge in [-0.2, -0.15) is 0 Å². The second-order valence-corrected chi connectivity index (χ2v) is 6.84. The van der Waals surface area contributed by atoms with Crippen LogP contribution in [0.5, 0.6) is 11.5 Å². The predicted octanol–water partition coefficient (Wildman–Crippen LogP) is 3.92. The molecule has 144 valence electrons. The van der Waals surface area contributed by atoms with Crippen LogP contribution in [0.25, 0.3) is 0 Å². The Kier molecular flexibility index (Phi) is 6.27. The fourth-order valence-electron chi connectivity index (χ4n) is 3.46. The number of phenols is 1. The van der Waals surface area contributed by atoms with Crippen molar-refractivity contribution in [3.05, 3.63) is 59.7 Å². The summed E-state index contributed by atoms with van der Waals surface area (Å²) >= 11 is 0. The summed E-state index contributed by atoms with van der Waals surface area (Å²) in [6.45, 7) is 1.05. The Hall–Kier alpha value is -2.63. The molecule has 27 heavy (non-hydrogen) atoms. The number of hydrogen-bond acceptors (Lipinski definition) is 3. The number of phenolic OH excluding ortho intramolecular Hbond substituents is 1. The van der Waals surface area contributed by atoms with Gasteiger partial charge >= 0.3 is 0 Å². The molecule has 3 rings (SSSR count). The number of likely N-dealkylation sites (tertiary alicyclic amines) is 1. The van der Waals surface area contributed by atoms with E-state index in [0.717, 1.165) is 12.8 Å². The highest BCUT2D eigenvalue weighted by atomic mass is 19.1. The molecular formula is C21H23F2NO3. The standard InChI is InChI=1S/C21H23F2NO3/c22-17-6-3-7-18(23)16(17)11-10-15-5-4-12-24(13-15)21(26)14-27-20-9-2-1-8-19(20)25/h1-3,6-9,15,25H,4-5,10-14H2/t15-/m1/s1. The lowest BCUT2D eigenvalue weighted by Crippen LogP contribution is -2.42. The molecule has 1 saturated heterocycles. The minimum absolute atomic E-state index is 0.00580. The maximum atomic E-state index is 13.8. The maximum absolute atomic E-state index is 13.8. The Morgan fingerprint density at radius 2 is 1.89 bits per heavy atom. The number of carbonyl (C=O) groups is 1. The highest BCUT2D eigenvalue weighted by molar-refractivity contribution is 5.78. The average molecular weight is 375 g/mol. The second kappa shape index (κ2) is 8.84. The molecule has 1 fully saturated rings. The zero-order valence-electron chi connectivity index (χ0n) is 15.0. The Morgan fingerprint density at radius 1 is 1.15 bits per heavy atom. The number of halogens is 2. The minimum atomic E-state index is -0.519. The molecule has 1 aliphatic heterocycles. The molecule has 0 aliphatic carbocycles. The second-order valence-electron chi connectivity index (χ2n) is 6.84. The number of nitrogens with zero attached hydrogens (tertiary/aromatic N) is 1. The molecule has 2 aromatic rings. The van der Waals surface area contributed by atoms with Crippen molar-refractivity contribution >= 4 is 5.91 Å². The van der Waals surface area contributed by atoms with Gasteiger partial charge in [0.15, 0.2) is 18.1 Å². The molecule has 1 heterocycles. The molecule has 0 spiro atoms. The van der Waals surface area contributed by atoms with E-state index in [-0.39, 0.29) is 35.5 Å². The van der Waals surface area contributed by atoms with Gasteiger partial charge in [0, 0.05) is 18.7 Å². The third-order valence-corrected chi connectivity index (χ3v) is 4.95. The van der Waals surface area contributed by atoms with Crippen LogP contribution in [0, 0.1) is 17.6 Å². The Balaban J connectivity index is 1.51. The van der Waals surface area contributed by atoms with Crippen molar-refractivity contribution in [2.24, 2.45) is 5.92 Å². The minimum Gasteiger partial charge on any atom is -0.504 e. The Morgan fingerprint density at radius 3 is 2.63 bits per heavy atom. The van der Waals surface area contributed by atoms with E-state index < -0.39 is 11.6 Å². The van der Waals surface area contributed by atoms with E-state index in [2.05, 4.69) is 0 Å². The topological polar surface area (TPSA) is 49.8 Å². The van der Waals surface area contributed by atoms with Gasteiger partial charge in [-0.3, -0.25) is 4.79 Å². The molecule has 0 radical (unpaired) electrons. The SMILES string of the molecule is O=C(COc1ccccc1O)N1CCC[C@H](CCc2c(F)cccc2F)C1. The number of benzene rings is 2. The van der Waals surface area contributed by atoms with Crippen LogP contribution in [0.15, 0.2) is 42.5 Å². The van der Waals surface area contributed by atoms with Crippen LogP contribution < -0.4 is 4.74 Å². The smallest absolute Gasteiger partial charge is 0.260 e. The third-order valence-electron chi connectivity index (χ3n) is 4.95. The van der Waals surface area contributed by atoms with Crippen LogP contribution >= 0.6 is 0 Å². The number of carbonyl (C=O) groups excluding carboxylic acids is 1. The molecule has 1 N–H and O–H groups in total. The number of ether oxygens (including phenoxy) is 1. The number of para-hydroxylation sites is 2. The van der Waals surface area contributed by atoms with Crippen molar-refractivity contribution < 1.29 is 23.4 Å². The predicted molar refractivity (Wildman–Crippen MR) is 97.6 cm³/mol. The van der Waals surface area contributed by atoms with Crippen LogP contribution in [0.3, 0.4) is 0 Å². The van der Waals surface area contributed by atoms with Crippen molar-refractivity contribution in [1.82, 2.24) is 4.90 Å². The van der Waals surface area contributed by atoms with E-state index in [9.17, 15) is 18.7 Å². The molecular weight excluding hydrogens is 352 g/mol. The van der Waals surface area contributed by atoms with Gasteiger partial charge < -0.3 is 14.7 Å². The number of amides is 1. The van der Waals surface area contributed by atoms with E-state index in [1.54, 1.807) is 23.1 Å². The lowest BCUT2D eigenvalue weighted by atomic mass is 9.91. The average Bonchev–Trinajstić information content (AvgIpc) is 2.67. The highest BCUT2D eigenvalue weighted by Crippen LogP contribution is 2.26. The summed E-state index contributed by atoms with van der Waals surface area (Å²) in [5.41, 5.74) is 0.115. The Bertz CT molecular complexity index is 776. The van der Waals surface area contributed by atoms with Gasteiger partial charge in [-0.15, -0.1) is 0 Å². The fraction of sp³-hybridized carbons (Fsp3) is 0.381. The van der Waals surface area contributed by atoms with Gasteiger partial charge in [-0.1, -0.05) is 18.2 Å². The normalized spacial score (nSPS) is 17.0. The van der Waals surface area contributed by atoms with Crippen LogP contribution in [0.4, 0.5) is 8.78 Å². The van der Waals surface area contributed by atoms with Crippen molar-refractivity contribution in [2.75, 3.05) is 19.7 Å². The lowest BCUT2D eigenvalue weighted by molar-refractivity contribution is -0.135. The monoisotopic (exact) mass is 375 g/mol. The molecule has 0 saturated carbocycles. The largest absolute Gasteiger partial charge is 0.504 e. The van der Waals surface area contributed by atoms with Gasteiger partial charge in [-0.25, -0.2) is 8.78 Å². The van der Waals surface area contributed by atoms with Crippen molar-refractivity contribution in [2.45, 2.75) is 25.7 Å². The molecule has 2 aromatic carbocycles. The molecule has 6 heteroatoms. The number of hydrogen-bond donors (Lipinski definition) is 1. The van der Waals surface area contributed by atoms with E-state index in [1.807, 2.05) is 0 Å². The molecule has 1 atom stereocenters.